The van der Waals surface area contributed by atoms with Gasteiger partial charge in [-0.3, -0.25) is 4.79 Å². The molecule has 0 atom stereocenters. The number of carbonyl (C=O) groups is 1. The Kier molecular flexibility index (Phi) is 4.71. The number of nitrogens with one attached hydrogen (secondary N) is 1. The summed E-state index contributed by atoms with van der Waals surface area (Å²) in [6.45, 7) is 1.06. The van der Waals surface area contributed by atoms with Crippen molar-refractivity contribution < 1.29 is 4.79 Å². The van der Waals surface area contributed by atoms with E-state index in [2.05, 4.69) is 9.62 Å². The summed E-state index contributed by atoms with van der Waals surface area (Å²) >= 11 is 1.86. The Morgan fingerprint density at radius 2 is 1.73 bits per heavy atom. The van der Waals surface area contributed by atoms with Crippen molar-refractivity contribution >= 4 is 45.7 Å². The summed E-state index contributed by atoms with van der Waals surface area (Å²) in [5.74, 6) is 1.05. The van der Waals surface area contributed by atoms with Crippen LogP contribution < -0.4 is 15.4 Å². The summed E-state index contributed by atoms with van der Waals surface area (Å²) in [4.78, 5) is 12.7. The third kappa shape index (κ3) is 3.35. The molecule has 1 aliphatic rings. The van der Waals surface area contributed by atoms with Gasteiger partial charge in [-0.1, -0.05) is 24.3 Å². The fourth-order valence-corrected chi connectivity index (χ4v) is 4.30. The fourth-order valence-electron chi connectivity index (χ4n) is 3.22. The van der Waals surface area contributed by atoms with Crippen LogP contribution in [-0.4, -0.2) is 18.2 Å². The molecule has 3 aromatic carbocycles. The van der Waals surface area contributed by atoms with Crippen LogP contribution >= 0.6 is 11.9 Å². The van der Waals surface area contributed by atoms with Crippen LogP contribution in [-0.2, 0) is 0 Å². The molecule has 1 aliphatic heterocycles. The first kappa shape index (κ1) is 16.8. The topological polar surface area (TPSA) is 58.4 Å². The Hall–Kier alpha value is -2.66. The lowest BCUT2D eigenvalue weighted by atomic mass is 10.1. The quantitative estimate of drug-likeness (QED) is 0.512. The van der Waals surface area contributed by atoms with Gasteiger partial charge in [0.25, 0.3) is 5.91 Å². The number of carbonyl (C=O) groups excluding carboxylic acids is 1. The number of rotatable bonds is 3. The predicted molar refractivity (Wildman–Crippen MR) is 112 cm³/mol. The molecule has 0 spiro atoms. The number of hydrogen-bond acceptors (Lipinski definition) is 4. The highest BCUT2D eigenvalue weighted by Crippen LogP contribution is 2.29. The van der Waals surface area contributed by atoms with Crippen LogP contribution in [0.1, 0.15) is 23.2 Å². The van der Waals surface area contributed by atoms with E-state index >= 15 is 0 Å². The van der Waals surface area contributed by atoms with Crippen LogP contribution in [0.3, 0.4) is 0 Å². The highest BCUT2D eigenvalue weighted by molar-refractivity contribution is 8.00. The highest BCUT2D eigenvalue weighted by Gasteiger charge is 2.13. The van der Waals surface area contributed by atoms with Gasteiger partial charge in [0, 0.05) is 45.7 Å². The van der Waals surface area contributed by atoms with E-state index in [1.54, 1.807) is 0 Å². The molecule has 4 nitrogen and oxygen atoms in total. The molecule has 26 heavy (non-hydrogen) atoms. The minimum Gasteiger partial charge on any atom is -0.398 e. The number of hydrogen-bond donors (Lipinski definition) is 2. The average Bonchev–Trinajstić information content (AvgIpc) is 2.69. The van der Waals surface area contributed by atoms with Crippen LogP contribution in [0.5, 0.6) is 0 Å². The van der Waals surface area contributed by atoms with Gasteiger partial charge in [-0.15, -0.1) is 0 Å². The molecule has 3 aromatic rings. The van der Waals surface area contributed by atoms with Crippen molar-refractivity contribution in [3.63, 3.8) is 0 Å². The molecule has 3 N–H and O–H groups in total. The molecule has 0 saturated carbocycles. The first-order valence-corrected chi connectivity index (χ1v) is 9.76. The first-order valence-electron chi connectivity index (χ1n) is 8.81. The van der Waals surface area contributed by atoms with Crippen molar-refractivity contribution in [3.05, 3.63) is 66.2 Å². The minimum atomic E-state index is -0.113. The lowest BCUT2D eigenvalue weighted by Gasteiger charge is -2.27. The zero-order valence-corrected chi connectivity index (χ0v) is 15.3. The number of anilines is 3. The van der Waals surface area contributed by atoms with E-state index in [0.717, 1.165) is 34.4 Å². The monoisotopic (exact) mass is 363 g/mol. The number of amides is 1. The molecular weight excluding hydrogens is 342 g/mol. The van der Waals surface area contributed by atoms with Crippen LogP contribution in [0.4, 0.5) is 17.1 Å². The van der Waals surface area contributed by atoms with E-state index in [-0.39, 0.29) is 5.91 Å². The lowest BCUT2D eigenvalue weighted by Crippen LogP contribution is -2.21. The second-order valence-electron chi connectivity index (χ2n) is 6.39. The van der Waals surface area contributed by atoms with Crippen LogP contribution in [0.15, 0.2) is 60.7 Å². The summed E-state index contributed by atoms with van der Waals surface area (Å²) in [6, 6.07) is 19.3. The van der Waals surface area contributed by atoms with E-state index in [0.29, 0.717) is 11.3 Å². The highest BCUT2D eigenvalue weighted by atomic mass is 32.2. The molecule has 0 unspecified atom stereocenters. The van der Waals surface area contributed by atoms with Crippen molar-refractivity contribution in [1.29, 1.82) is 0 Å². The number of nitrogens with zero attached hydrogens (tertiary/aromatic N) is 1. The molecule has 1 heterocycles. The molecule has 0 aromatic heterocycles. The van der Waals surface area contributed by atoms with Crippen molar-refractivity contribution in [1.82, 2.24) is 0 Å². The number of fused-ring (bicyclic) bond motifs is 1. The Balaban J connectivity index is 1.54. The van der Waals surface area contributed by atoms with Gasteiger partial charge in [-0.2, -0.15) is 0 Å². The molecule has 1 fully saturated rings. The molecule has 0 radical (unpaired) electrons. The van der Waals surface area contributed by atoms with Crippen LogP contribution in [0.25, 0.3) is 10.8 Å². The van der Waals surface area contributed by atoms with Crippen LogP contribution in [0, 0.1) is 0 Å². The van der Waals surface area contributed by atoms with Gasteiger partial charge in [-0.25, -0.2) is 0 Å². The fraction of sp³-hybridized carbons (Fsp3) is 0.190. The Morgan fingerprint density at radius 3 is 2.50 bits per heavy atom. The normalized spacial score (nSPS) is 14.4. The second kappa shape index (κ2) is 7.30. The Morgan fingerprint density at radius 1 is 0.962 bits per heavy atom. The van der Waals surface area contributed by atoms with E-state index in [4.69, 9.17) is 5.73 Å². The average molecular weight is 363 g/mol. The zero-order valence-electron chi connectivity index (χ0n) is 14.4. The van der Waals surface area contributed by atoms with Crippen LogP contribution in [0.2, 0.25) is 0 Å². The van der Waals surface area contributed by atoms with Crippen molar-refractivity contribution in [2.45, 2.75) is 12.8 Å². The molecule has 5 heteroatoms. The molecule has 4 rings (SSSR count). The summed E-state index contributed by atoms with van der Waals surface area (Å²) in [7, 11) is 0. The summed E-state index contributed by atoms with van der Waals surface area (Å²) < 4.78 is 2.30. The molecule has 0 aliphatic carbocycles. The van der Waals surface area contributed by atoms with Gasteiger partial charge in [0.2, 0.25) is 0 Å². The van der Waals surface area contributed by atoms with Gasteiger partial charge < -0.3 is 15.4 Å². The van der Waals surface area contributed by atoms with Crippen molar-refractivity contribution in [3.8, 4) is 0 Å². The largest absolute Gasteiger partial charge is 0.398 e. The number of nitrogens with two attached hydrogens (primary N) is 1. The maximum atomic E-state index is 12.7. The predicted octanol–water partition coefficient (Wildman–Crippen LogP) is 4.92. The van der Waals surface area contributed by atoms with Gasteiger partial charge in [0.15, 0.2) is 0 Å². The van der Waals surface area contributed by atoms with Crippen molar-refractivity contribution in [2.24, 2.45) is 0 Å². The number of nitrogen functional groups attached to an aromatic ring is 1. The van der Waals surface area contributed by atoms with E-state index in [9.17, 15) is 4.79 Å². The zero-order chi connectivity index (χ0) is 17.9. The number of benzene rings is 3. The maximum absolute atomic E-state index is 12.7. The Bertz CT molecular complexity index is 934. The lowest BCUT2D eigenvalue weighted by molar-refractivity contribution is 0.102. The van der Waals surface area contributed by atoms with Gasteiger partial charge >= 0.3 is 0 Å². The van der Waals surface area contributed by atoms with E-state index in [1.165, 1.54) is 12.8 Å². The summed E-state index contributed by atoms with van der Waals surface area (Å²) in [6.07, 6.45) is 2.50. The van der Waals surface area contributed by atoms with Gasteiger partial charge in [0.05, 0.1) is 0 Å². The third-order valence-corrected chi connectivity index (χ3v) is 5.80. The summed E-state index contributed by atoms with van der Waals surface area (Å²) in [5.41, 5.74) is 9.33. The molecule has 1 amide bonds. The van der Waals surface area contributed by atoms with Crippen molar-refractivity contribution in [2.75, 3.05) is 27.7 Å². The summed E-state index contributed by atoms with van der Waals surface area (Å²) in [5, 5.41) is 4.91. The second-order valence-corrected chi connectivity index (χ2v) is 7.50. The third-order valence-electron chi connectivity index (χ3n) is 4.62. The molecule has 0 bridgehead atoms. The molecule has 1 saturated heterocycles. The minimum absolute atomic E-state index is 0.113. The first-order chi connectivity index (χ1) is 12.7. The van der Waals surface area contributed by atoms with E-state index < -0.39 is 0 Å². The maximum Gasteiger partial charge on any atom is 0.255 e. The van der Waals surface area contributed by atoms with E-state index in [1.807, 2.05) is 72.6 Å². The van der Waals surface area contributed by atoms with Gasteiger partial charge in [-0.05, 0) is 61.2 Å². The molecular formula is C21H21N3OS. The smallest absolute Gasteiger partial charge is 0.255 e. The Labute approximate surface area is 157 Å². The molecule has 132 valence electrons. The SMILES string of the molecule is Nc1cccc2c(NC(=O)c3ccc(N4CCCCS4)cc3)cccc12. The van der Waals surface area contributed by atoms with Gasteiger partial charge in [0.1, 0.15) is 0 Å². The standard InChI is InChI=1S/C21H21N3OS/c22-19-7-3-6-18-17(19)5-4-8-20(18)23-21(25)15-9-11-16(12-10-15)24-13-1-2-14-26-24/h3-12H,1-2,13-14,22H2,(H,23,25).